The molecular weight excluding hydrogens is 262 g/mol. The number of carbonyl (C=O) groups excluding carboxylic acids is 1. The quantitative estimate of drug-likeness (QED) is 0.779. The lowest BCUT2D eigenvalue weighted by molar-refractivity contribution is 0.0696. The van der Waals surface area contributed by atoms with Crippen LogP contribution in [0.5, 0.6) is 0 Å². The van der Waals surface area contributed by atoms with Crippen molar-refractivity contribution >= 4 is 17.2 Å². The van der Waals surface area contributed by atoms with Crippen LogP contribution in [0.15, 0.2) is 11.4 Å². The smallest absolute Gasteiger partial charge is 0.262 e. The zero-order chi connectivity index (χ0) is 14.1. The van der Waals surface area contributed by atoms with Crippen LogP contribution in [0.3, 0.4) is 0 Å². The molecule has 0 spiro atoms. The van der Waals surface area contributed by atoms with Gasteiger partial charge in [0, 0.05) is 25.1 Å². The number of hydrogen-bond donors (Lipinski definition) is 2. The number of ether oxygens (including phenoxy) is 1. The van der Waals surface area contributed by atoms with E-state index in [0.717, 1.165) is 0 Å². The van der Waals surface area contributed by atoms with E-state index in [-0.39, 0.29) is 18.6 Å². The number of nitrogens with one attached hydrogen (secondary N) is 1. The zero-order valence-electron chi connectivity index (χ0n) is 11.2. The standard InChI is InChI=1S/C14H19NO3S/c1-3-18-11(2)10-15-14(17)13-12(7-9-19-13)6-4-5-8-16/h7,9,11,16H,3,5,8,10H2,1-2H3,(H,15,17). The fourth-order valence-electron chi connectivity index (χ4n) is 1.46. The largest absolute Gasteiger partial charge is 0.395 e. The molecule has 0 aromatic carbocycles. The van der Waals surface area contributed by atoms with E-state index in [4.69, 9.17) is 9.84 Å². The summed E-state index contributed by atoms with van der Waals surface area (Å²) in [6.07, 6.45) is 0.413. The number of amides is 1. The summed E-state index contributed by atoms with van der Waals surface area (Å²) in [5.41, 5.74) is 0.708. The van der Waals surface area contributed by atoms with Gasteiger partial charge >= 0.3 is 0 Å². The van der Waals surface area contributed by atoms with Crippen molar-refractivity contribution in [1.29, 1.82) is 0 Å². The van der Waals surface area contributed by atoms with Crippen molar-refractivity contribution < 1.29 is 14.6 Å². The van der Waals surface area contributed by atoms with Gasteiger partial charge in [0.2, 0.25) is 0 Å². The number of aliphatic hydroxyl groups is 1. The third-order valence-corrected chi connectivity index (χ3v) is 3.25. The second kappa shape index (κ2) is 8.70. The van der Waals surface area contributed by atoms with Gasteiger partial charge in [-0.15, -0.1) is 11.3 Å². The summed E-state index contributed by atoms with van der Waals surface area (Å²) in [4.78, 5) is 12.6. The zero-order valence-corrected chi connectivity index (χ0v) is 12.0. The van der Waals surface area contributed by atoms with Gasteiger partial charge in [-0.25, -0.2) is 0 Å². The Morgan fingerprint density at radius 1 is 1.63 bits per heavy atom. The molecular formula is C14H19NO3S. The number of thiophene rings is 1. The Morgan fingerprint density at radius 3 is 3.11 bits per heavy atom. The minimum Gasteiger partial charge on any atom is -0.395 e. The van der Waals surface area contributed by atoms with Crippen molar-refractivity contribution in [2.75, 3.05) is 19.8 Å². The molecule has 0 radical (unpaired) electrons. The van der Waals surface area contributed by atoms with Crippen molar-refractivity contribution in [2.45, 2.75) is 26.4 Å². The molecule has 0 saturated carbocycles. The fourth-order valence-corrected chi connectivity index (χ4v) is 2.22. The molecule has 0 aliphatic rings. The Hall–Kier alpha value is -1.35. The molecule has 1 heterocycles. The van der Waals surface area contributed by atoms with Gasteiger partial charge in [0.25, 0.3) is 5.91 Å². The Kier molecular flexibility index (Phi) is 7.19. The molecule has 2 N–H and O–H groups in total. The van der Waals surface area contributed by atoms with E-state index in [1.54, 1.807) is 0 Å². The number of hydrogen-bond acceptors (Lipinski definition) is 4. The van der Waals surface area contributed by atoms with Crippen molar-refractivity contribution in [2.24, 2.45) is 0 Å². The van der Waals surface area contributed by atoms with Crippen LogP contribution in [-0.4, -0.2) is 36.9 Å². The Morgan fingerprint density at radius 2 is 2.42 bits per heavy atom. The van der Waals surface area contributed by atoms with Crippen molar-refractivity contribution in [3.63, 3.8) is 0 Å². The topological polar surface area (TPSA) is 58.6 Å². The van der Waals surface area contributed by atoms with Crippen LogP contribution in [0.25, 0.3) is 0 Å². The highest BCUT2D eigenvalue weighted by Gasteiger charge is 2.12. The second-order valence-electron chi connectivity index (χ2n) is 3.91. The molecule has 1 unspecified atom stereocenters. The first-order chi connectivity index (χ1) is 9.19. The molecule has 0 aliphatic carbocycles. The number of aliphatic hydroxyl groups excluding tert-OH is 1. The molecule has 0 fully saturated rings. The Balaban J connectivity index is 2.58. The maximum absolute atomic E-state index is 12.0. The monoisotopic (exact) mass is 281 g/mol. The summed E-state index contributed by atoms with van der Waals surface area (Å²) in [5, 5.41) is 13.3. The van der Waals surface area contributed by atoms with E-state index in [1.807, 2.05) is 25.3 Å². The van der Waals surface area contributed by atoms with E-state index in [9.17, 15) is 4.79 Å². The van der Waals surface area contributed by atoms with Crippen molar-refractivity contribution in [3.05, 3.63) is 21.9 Å². The highest BCUT2D eigenvalue weighted by molar-refractivity contribution is 7.12. The Bertz CT molecular complexity index is 459. The summed E-state index contributed by atoms with van der Waals surface area (Å²) in [6, 6.07) is 1.82. The van der Waals surface area contributed by atoms with Crippen LogP contribution in [0, 0.1) is 11.8 Å². The van der Waals surface area contributed by atoms with Crippen LogP contribution < -0.4 is 5.32 Å². The van der Waals surface area contributed by atoms with Crippen molar-refractivity contribution in [3.8, 4) is 11.8 Å². The molecule has 1 atom stereocenters. The lowest BCUT2D eigenvalue weighted by Gasteiger charge is -2.12. The highest BCUT2D eigenvalue weighted by Crippen LogP contribution is 2.15. The maximum atomic E-state index is 12.0. The summed E-state index contributed by atoms with van der Waals surface area (Å²) in [5.74, 6) is 5.59. The molecule has 104 valence electrons. The minimum atomic E-state index is -0.130. The molecule has 0 bridgehead atoms. The van der Waals surface area contributed by atoms with Gasteiger partial charge in [0.15, 0.2) is 0 Å². The number of carbonyl (C=O) groups is 1. The summed E-state index contributed by atoms with van der Waals surface area (Å²) >= 11 is 1.36. The first-order valence-corrected chi connectivity index (χ1v) is 7.14. The van der Waals surface area contributed by atoms with E-state index in [2.05, 4.69) is 17.2 Å². The molecule has 1 aromatic rings. The van der Waals surface area contributed by atoms with E-state index in [1.165, 1.54) is 11.3 Å². The average Bonchev–Trinajstić information content (AvgIpc) is 2.85. The third-order valence-electron chi connectivity index (χ3n) is 2.33. The molecule has 5 heteroatoms. The van der Waals surface area contributed by atoms with Crippen LogP contribution in [0.1, 0.15) is 35.5 Å². The summed E-state index contributed by atoms with van der Waals surface area (Å²) in [6.45, 7) is 4.99. The highest BCUT2D eigenvalue weighted by atomic mass is 32.1. The van der Waals surface area contributed by atoms with Crippen LogP contribution >= 0.6 is 11.3 Å². The maximum Gasteiger partial charge on any atom is 0.262 e. The van der Waals surface area contributed by atoms with Gasteiger partial charge < -0.3 is 15.2 Å². The lowest BCUT2D eigenvalue weighted by Crippen LogP contribution is -2.32. The third kappa shape index (κ3) is 5.43. The molecule has 0 saturated heterocycles. The first-order valence-electron chi connectivity index (χ1n) is 6.26. The molecule has 19 heavy (non-hydrogen) atoms. The van der Waals surface area contributed by atoms with Gasteiger partial charge in [-0.3, -0.25) is 4.79 Å². The van der Waals surface area contributed by atoms with Crippen LogP contribution in [0.2, 0.25) is 0 Å². The number of rotatable bonds is 6. The fraction of sp³-hybridized carbons (Fsp3) is 0.500. The first kappa shape index (κ1) is 15.7. The summed E-state index contributed by atoms with van der Waals surface area (Å²) in [7, 11) is 0. The van der Waals surface area contributed by atoms with Crippen LogP contribution in [0.4, 0.5) is 0 Å². The van der Waals surface area contributed by atoms with Gasteiger partial charge in [0.1, 0.15) is 4.88 Å². The molecule has 1 amide bonds. The summed E-state index contributed by atoms with van der Waals surface area (Å²) < 4.78 is 5.35. The van der Waals surface area contributed by atoms with Crippen LogP contribution in [-0.2, 0) is 4.74 Å². The molecule has 0 aliphatic heterocycles. The van der Waals surface area contributed by atoms with E-state index < -0.39 is 0 Å². The minimum absolute atomic E-state index is 0.00200. The normalized spacial score (nSPS) is 11.5. The van der Waals surface area contributed by atoms with Gasteiger partial charge in [-0.05, 0) is 25.3 Å². The van der Waals surface area contributed by atoms with Crippen molar-refractivity contribution in [1.82, 2.24) is 5.32 Å². The second-order valence-corrected chi connectivity index (χ2v) is 4.83. The molecule has 1 rings (SSSR count). The predicted octanol–water partition coefficient (Wildman–Crippen LogP) is 1.64. The van der Waals surface area contributed by atoms with Gasteiger partial charge in [0.05, 0.1) is 12.7 Å². The van der Waals surface area contributed by atoms with Gasteiger partial charge in [-0.2, -0.15) is 0 Å². The average molecular weight is 281 g/mol. The van der Waals surface area contributed by atoms with E-state index in [0.29, 0.717) is 30.0 Å². The molecule has 4 nitrogen and oxygen atoms in total. The van der Waals surface area contributed by atoms with Gasteiger partial charge in [-0.1, -0.05) is 11.8 Å². The lowest BCUT2D eigenvalue weighted by atomic mass is 10.2. The Labute approximate surface area is 117 Å². The SMILES string of the molecule is CCOC(C)CNC(=O)c1sccc1C#CCCO. The predicted molar refractivity (Wildman–Crippen MR) is 76.3 cm³/mol. The van der Waals surface area contributed by atoms with E-state index >= 15 is 0 Å². The molecule has 1 aromatic heterocycles.